The number of methoxy groups -OCH3 is 1. The van der Waals surface area contributed by atoms with Gasteiger partial charge in [0.2, 0.25) is 0 Å². The molecule has 0 bridgehead atoms. The van der Waals surface area contributed by atoms with Crippen LogP contribution in [-0.4, -0.2) is 20.5 Å². The maximum absolute atomic E-state index is 5.03. The van der Waals surface area contributed by atoms with Crippen LogP contribution in [0.15, 0.2) is 0 Å². The average Bonchev–Trinajstić information content (AvgIpc) is 1.89. The molecule has 0 N–H and O–H groups in total. The molecule has 0 unspecified atom stereocenters. The van der Waals surface area contributed by atoms with Gasteiger partial charge in [0.15, 0.2) is 0 Å². The number of unbranched alkanes of at least 4 members (excludes halogenated alkanes) is 2. The molecule has 2 heteroatoms. The van der Waals surface area contributed by atoms with Crippen LogP contribution in [0.25, 0.3) is 0 Å². The van der Waals surface area contributed by atoms with E-state index in [1.54, 1.807) is 7.11 Å². The average molecular weight is 131 g/mol. The predicted molar refractivity (Wildman–Crippen MR) is 37.0 cm³/mol. The molecule has 55 valence electrons. The van der Waals surface area contributed by atoms with Crippen molar-refractivity contribution in [2.45, 2.75) is 19.3 Å². The molecule has 0 spiro atoms. The van der Waals surface area contributed by atoms with E-state index in [0.717, 1.165) is 25.9 Å². The van der Waals surface area contributed by atoms with E-state index in [4.69, 9.17) is 4.74 Å². The van der Waals surface area contributed by atoms with E-state index in [0.29, 0.717) is 6.79 Å². The summed E-state index contributed by atoms with van der Waals surface area (Å²) < 4.78 is 9.72. The lowest BCUT2D eigenvalue weighted by Gasteiger charge is -1.99. The van der Waals surface area contributed by atoms with Gasteiger partial charge in [0.1, 0.15) is 6.79 Å². The third-order valence-corrected chi connectivity index (χ3v) is 0.990. The van der Waals surface area contributed by atoms with Crippen LogP contribution in [0.1, 0.15) is 19.3 Å². The standard InChI is InChI=1S/C7H15O2/c1-3-4-5-6-9-7-8-2/h1,3-7H2,2H3. The lowest BCUT2D eigenvalue weighted by atomic mass is 10.3. The fourth-order valence-corrected chi connectivity index (χ4v) is 0.523. The second-order valence-electron chi connectivity index (χ2n) is 1.88. The summed E-state index contributed by atoms with van der Waals surface area (Å²) in [6.07, 6.45) is 3.23. The molecule has 1 radical (unpaired) electrons. The number of ether oxygens (including phenoxy) is 2. The molecule has 2 nitrogen and oxygen atoms in total. The van der Waals surface area contributed by atoms with Gasteiger partial charge in [-0.15, -0.1) is 0 Å². The first kappa shape index (κ1) is 8.92. The first-order valence-corrected chi connectivity index (χ1v) is 3.27. The summed E-state index contributed by atoms with van der Waals surface area (Å²) >= 11 is 0. The van der Waals surface area contributed by atoms with E-state index in [-0.39, 0.29) is 0 Å². The smallest absolute Gasteiger partial charge is 0.146 e. The predicted octanol–water partition coefficient (Wildman–Crippen LogP) is 1.61. The van der Waals surface area contributed by atoms with Gasteiger partial charge in [-0.3, -0.25) is 0 Å². The Balaban J connectivity index is 2.60. The summed E-state index contributed by atoms with van der Waals surface area (Å²) in [4.78, 5) is 0. The Morgan fingerprint density at radius 2 is 2.11 bits per heavy atom. The van der Waals surface area contributed by atoms with E-state index in [2.05, 4.69) is 11.7 Å². The van der Waals surface area contributed by atoms with Gasteiger partial charge in [-0.25, -0.2) is 0 Å². The Morgan fingerprint density at radius 1 is 1.33 bits per heavy atom. The molecule has 0 aliphatic carbocycles. The number of hydrogen-bond acceptors (Lipinski definition) is 2. The Bertz CT molecular complexity index is 40.2. The normalized spacial score (nSPS) is 10.0. The van der Waals surface area contributed by atoms with Gasteiger partial charge in [0.05, 0.1) is 0 Å². The van der Waals surface area contributed by atoms with Crippen LogP contribution < -0.4 is 0 Å². The Kier molecular flexibility index (Phi) is 7.85. The summed E-state index contributed by atoms with van der Waals surface area (Å²) in [5, 5.41) is 0. The van der Waals surface area contributed by atoms with Crippen molar-refractivity contribution >= 4 is 0 Å². The second kappa shape index (κ2) is 7.92. The third kappa shape index (κ3) is 7.92. The van der Waals surface area contributed by atoms with Crippen molar-refractivity contribution in [2.75, 3.05) is 20.5 Å². The molecule has 0 atom stereocenters. The number of rotatable bonds is 6. The van der Waals surface area contributed by atoms with E-state index in [1.807, 2.05) is 0 Å². The van der Waals surface area contributed by atoms with Gasteiger partial charge in [-0.1, -0.05) is 19.8 Å². The lowest BCUT2D eigenvalue weighted by Crippen LogP contribution is -1.97. The highest BCUT2D eigenvalue weighted by molar-refractivity contribution is 4.40. The molecule has 0 saturated carbocycles. The Labute approximate surface area is 57.2 Å². The van der Waals surface area contributed by atoms with Crippen LogP contribution in [0.2, 0.25) is 0 Å². The highest BCUT2D eigenvalue weighted by Gasteiger charge is 1.84. The molecular formula is C7H15O2. The Morgan fingerprint density at radius 3 is 2.67 bits per heavy atom. The third-order valence-electron chi connectivity index (χ3n) is 0.990. The zero-order valence-electron chi connectivity index (χ0n) is 6.06. The van der Waals surface area contributed by atoms with Crippen molar-refractivity contribution in [3.63, 3.8) is 0 Å². The van der Waals surface area contributed by atoms with Crippen LogP contribution in [0.3, 0.4) is 0 Å². The van der Waals surface area contributed by atoms with Crippen LogP contribution in [0, 0.1) is 6.92 Å². The maximum atomic E-state index is 5.03. The largest absolute Gasteiger partial charge is 0.359 e. The van der Waals surface area contributed by atoms with Gasteiger partial charge in [0.25, 0.3) is 0 Å². The van der Waals surface area contributed by atoms with E-state index in [9.17, 15) is 0 Å². The SMILES string of the molecule is [CH2]CCCCOCOC. The minimum Gasteiger partial charge on any atom is -0.359 e. The monoisotopic (exact) mass is 131 g/mol. The summed E-state index contributed by atoms with van der Waals surface area (Å²) in [5.74, 6) is 0. The van der Waals surface area contributed by atoms with Crippen LogP contribution in [0.5, 0.6) is 0 Å². The fraction of sp³-hybridized carbons (Fsp3) is 0.857. The zero-order valence-corrected chi connectivity index (χ0v) is 6.06. The molecular weight excluding hydrogens is 116 g/mol. The van der Waals surface area contributed by atoms with Crippen molar-refractivity contribution < 1.29 is 9.47 Å². The highest BCUT2D eigenvalue weighted by atomic mass is 16.7. The molecule has 0 aromatic rings. The highest BCUT2D eigenvalue weighted by Crippen LogP contribution is 1.92. The molecule has 0 saturated heterocycles. The molecule has 0 heterocycles. The van der Waals surface area contributed by atoms with Gasteiger partial charge < -0.3 is 9.47 Å². The lowest BCUT2D eigenvalue weighted by molar-refractivity contribution is -0.0314. The summed E-state index contributed by atoms with van der Waals surface area (Å²) in [6.45, 7) is 4.93. The molecule has 0 aromatic carbocycles. The first-order valence-electron chi connectivity index (χ1n) is 3.27. The molecule has 0 rings (SSSR count). The maximum Gasteiger partial charge on any atom is 0.146 e. The number of hydrogen-bond donors (Lipinski definition) is 0. The van der Waals surface area contributed by atoms with Crippen LogP contribution in [-0.2, 0) is 9.47 Å². The molecule has 0 aromatic heterocycles. The van der Waals surface area contributed by atoms with E-state index in [1.165, 1.54) is 0 Å². The first-order chi connectivity index (χ1) is 4.41. The van der Waals surface area contributed by atoms with Crippen LogP contribution in [0.4, 0.5) is 0 Å². The minimum atomic E-state index is 0.414. The quantitative estimate of drug-likeness (QED) is 0.403. The van der Waals surface area contributed by atoms with Crippen molar-refractivity contribution in [3.05, 3.63) is 6.92 Å². The topological polar surface area (TPSA) is 18.5 Å². The molecule has 0 fully saturated rings. The summed E-state index contributed by atoms with van der Waals surface area (Å²) in [5.41, 5.74) is 0. The van der Waals surface area contributed by atoms with Crippen molar-refractivity contribution in [2.24, 2.45) is 0 Å². The zero-order chi connectivity index (χ0) is 6.95. The van der Waals surface area contributed by atoms with E-state index >= 15 is 0 Å². The summed E-state index contributed by atoms with van der Waals surface area (Å²) in [7, 11) is 1.63. The Hall–Kier alpha value is -0.0800. The molecule has 0 amide bonds. The molecule has 0 aliphatic heterocycles. The van der Waals surface area contributed by atoms with Gasteiger partial charge in [-0.05, 0) is 6.42 Å². The van der Waals surface area contributed by atoms with Crippen molar-refractivity contribution in [1.82, 2.24) is 0 Å². The summed E-state index contributed by atoms with van der Waals surface area (Å²) in [6, 6.07) is 0. The molecule has 0 aliphatic rings. The van der Waals surface area contributed by atoms with E-state index < -0.39 is 0 Å². The van der Waals surface area contributed by atoms with Gasteiger partial charge in [0, 0.05) is 13.7 Å². The fourth-order valence-electron chi connectivity index (χ4n) is 0.523. The van der Waals surface area contributed by atoms with Crippen molar-refractivity contribution in [3.8, 4) is 0 Å². The molecule has 9 heavy (non-hydrogen) atoms. The minimum absolute atomic E-state index is 0.414. The van der Waals surface area contributed by atoms with Crippen molar-refractivity contribution in [1.29, 1.82) is 0 Å². The second-order valence-corrected chi connectivity index (χ2v) is 1.88. The van der Waals surface area contributed by atoms with Crippen LogP contribution >= 0.6 is 0 Å². The van der Waals surface area contributed by atoms with Gasteiger partial charge >= 0.3 is 0 Å². The van der Waals surface area contributed by atoms with Gasteiger partial charge in [-0.2, -0.15) is 0 Å².